The van der Waals surface area contributed by atoms with E-state index in [9.17, 15) is 4.79 Å². The van der Waals surface area contributed by atoms with E-state index < -0.39 is 0 Å². The molecule has 0 saturated heterocycles. The van der Waals surface area contributed by atoms with Gasteiger partial charge >= 0.3 is 5.97 Å². The smallest absolute Gasteiger partial charge is 0.340 e. The number of carbonyl (C=O) groups excluding carboxylic acids is 1. The molecule has 2 aromatic carbocycles. The first-order valence-electron chi connectivity index (χ1n) is 7.51. The van der Waals surface area contributed by atoms with Crippen molar-refractivity contribution in [1.29, 1.82) is 0 Å². The van der Waals surface area contributed by atoms with Crippen LogP contribution in [0.15, 0.2) is 67.4 Å². The van der Waals surface area contributed by atoms with Gasteiger partial charge < -0.3 is 4.74 Å². The fourth-order valence-corrected chi connectivity index (χ4v) is 2.53. The number of aromatic nitrogens is 1. The lowest BCUT2D eigenvalue weighted by molar-refractivity contribution is 0.0525. The van der Waals surface area contributed by atoms with Crippen LogP contribution in [0.2, 0.25) is 0 Å². The van der Waals surface area contributed by atoms with Gasteiger partial charge in [-0.3, -0.25) is 4.98 Å². The maximum Gasteiger partial charge on any atom is 0.340 e. The molecule has 0 aliphatic rings. The molecule has 3 aromatic rings. The fraction of sp³-hybridized carbons (Fsp3) is 0.100. The Bertz CT molecular complexity index is 889. The third kappa shape index (κ3) is 3.47. The predicted molar refractivity (Wildman–Crippen MR) is 99.5 cm³/mol. The number of benzene rings is 2. The summed E-state index contributed by atoms with van der Waals surface area (Å²) in [5.41, 5.74) is 2.64. The minimum absolute atomic E-state index is 0. The molecule has 0 spiro atoms. The normalized spacial score (nSPS) is 10.0. The summed E-state index contributed by atoms with van der Waals surface area (Å²) in [7, 11) is 0. The van der Waals surface area contributed by atoms with Gasteiger partial charge in [-0.25, -0.2) is 4.79 Å². The summed E-state index contributed by atoms with van der Waals surface area (Å²) in [6.07, 6.45) is 1.66. The van der Waals surface area contributed by atoms with Crippen molar-refractivity contribution in [3.05, 3.63) is 84.2 Å². The quantitative estimate of drug-likeness (QED) is 0.635. The van der Waals surface area contributed by atoms with Gasteiger partial charge in [-0.2, -0.15) is 0 Å². The van der Waals surface area contributed by atoms with E-state index in [2.05, 4.69) is 29.8 Å². The number of fused-ring (bicyclic) bond motifs is 1. The molecular weight excluding hydrogens is 322 g/mol. The largest absolute Gasteiger partial charge is 0.462 e. The number of esters is 1. The van der Waals surface area contributed by atoms with Crippen LogP contribution >= 0.6 is 12.4 Å². The van der Waals surface area contributed by atoms with Crippen LogP contribution in [0.1, 0.15) is 28.5 Å². The lowest BCUT2D eigenvalue weighted by atomic mass is 9.97. The molecule has 3 rings (SSSR count). The number of ether oxygens (including phenoxy) is 1. The van der Waals surface area contributed by atoms with Gasteiger partial charge in [-0.1, -0.05) is 43.0 Å². The standard InChI is InChI=1S/C20H17NO2.ClH/c1-3-23-20(22)18-9-6-12-21-19(18)14(2)16-11-10-15-7-4-5-8-17(15)13-16;/h4-13H,2-3H2,1H3;1H. The Kier molecular flexibility index (Phi) is 5.72. The van der Waals surface area contributed by atoms with Crippen LogP contribution in [-0.4, -0.2) is 17.6 Å². The molecule has 4 heteroatoms. The SMILES string of the molecule is C=C(c1ccc2ccccc2c1)c1ncccc1C(=O)OCC.Cl. The lowest BCUT2D eigenvalue weighted by Crippen LogP contribution is -2.09. The first-order chi connectivity index (χ1) is 11.2. The van der Waals surface area contributed by atoms with Gasteiger partial charge in [0.25, 0.3) is 0 Å². The van der Waals surface area contributed by atoms with E-state index in [1.807, 2.05) is 24.3 Å². The second kappa shape index (κ2) is 7.75. The fourth-order valence-electron chi connectivity index (χ4n) is 2.53. The Morgan fingerprint density at radius 1 is 1.08 bits per heavy atom. The van der Waals surface area contributed by atoms with E-state index in [0.29, 0.717) is 23.4 Å². The van der Waals surface area contributed by atoms with E-state index in [4.69, 9.17) is 4.74 Å². The van der Waals surface area contributed by atoms with Gasteiger partial charge in [-0.15, -0.1) is 12.4 Å². The molecule has 0 bridgehead atoms. The van der Waals surface area contributed by atoms with Gasteiger partial charge in [0.05, 0.1) is 17.9 Å². The Balaban J connectivity index is 0.00000208. The molecule has 0 aliphatic carbocycles. The summed E-state index contributed by atoms with van der Waals surface area (Å²) in [5, 5.41) is 2.29. The summed E-state index contributed by atoms with van der Waals surface area (Å²) in [6.45, 7) is 6.25. The molecule has 0 aliphatic heterocycles. The molecule has 0 fully saturated rings. The highest BCUT2D eigenvalue weighted by molar-refractivity contribution is 5.97. The monoisotopic (exact) mass is 339 g/mol. The summed E-state index contributed by atoms with van der Waals surface area (Å²) in [4.78, 5) is 16.4. The molecule has 0 amide bonds. The summed E-state index contributed by atoms with van der Waals surface area (Å²) in [6, 6.07) is 17.7. The van der Waals surface area contributed by atoms with Crippen molar-refractivity contribution in [2.75, 3.05) is 6.61 Å². The molecule has 122 valence electrons. The molecule has 0 N–H and O–H groups in total. The van der Waals surface area contributed by atoms with E-state index in [0.717, 1.165) is 16.3 Å². The molecule has 1 aromatic heterocycles. The van der Waals surface area contributed by atoms with Crippen molar-refractivity contribution in [3.63, 3.8) is 0 Å². The lowest BCUT2D eigenvalue weighted by Gasteiger charge is -2.11. The maximum atomic E-state index is 12.1. The van der Waals surface area contributed by atoms with Gasteiger partial charge in [0, 0.05) is 11.8 Å². The number of hydrogen-bond donors (Lipinski definition) is 0. The molecule has 3 nitrogen and oxygen atoms in total. The minimum atomic E-state index is -0.377. The molecular formula is C20H18ClNO2. The first-order valence-corrected chi connectivity index (χ1v) is 7.51. The highest BCUT2D eigenvalue weighted by atomic mass is 35.5. The zero-order valence-electron chi connectivity index (χ0n) is 13.4. The summed E-state index contributed by atoms with van der Waals surface area (Å²) < 4.78 is 5.10. The highest BCUT2D eigenvalue weighted by Gasteiger charge is 2.16. The van der Waals surface area contributed by atoms with Gasteiger partial charge in [-0.05, 0) is 41.5 Å². The van der Waals surface area contributed by atoms with Crippen molar-refractivity contribution in [2.24, 2.45) is 0 Å². The molecule has 1 heterocycles. The van der Waals surface area contributed by atoms with Crippen molar-refractivity contribution >= 4 is 34.7 Å². The number of halogens is 1. The number of rotatable bonds is 4. The summed E-state index contributed by atoms with van der Waals surface area (Å²) >= 11 is 0. The maximum absolute atomic E-state index is 12.1. The Morgan fingerprint density at radius 2 is 1.83 bits per heavy atom. The number of hydrogen-bond acceptors (Lipinski definition) is 3. The summed E-state index contributed by atoms with van der Waals surface area (Å²) in [5.74, 6) is -0.377. The van der Waals surface area contributed by atoms with Crippen LogP contribution in [0, 0.1) is 0 Å². The zero-order valence-corrected chi connectivity index (χ0v) is 14.2. The van der Waals surface area contributed by atoms with Crippen LogP contribution in [0.3, 0.4) is 0 Å². The molecule has 0 atom stereocenters. The Morgan fingerprint density at radius 3 is 2.58 bits per heavy atom. The Labute approximate surface area is 147 Å². The van der Waals surface area contributed by atoms with Crippen molar-refractivity contribution in [1.82, 2.24) is 4.98 Å². The average molecular weight is 340 g/mol. The highest BCUT2D eigenvalue weighted by Crippen LogP contribution is 2.26. The third-order valence-electron chi connectivity index (χ3n) is 3.69. The van der Waals surface area contributed by atoms with Crippen molar-refractivity contribution in [2.45, 2.75) is 6.92 Å². The van der Waals surface area contributed by atoms with E-state index in [1.165, 1.54) is 0 Å². The third-order valence-corrected chi connectivity index (χ3v) is 3.69. The van der Waals surface area contributed by atoms with Gasteiger partial charge in [0.1, 0.15) is 0 Å². The predicted octanol–water partition coefficient (Wildman–Crippen LogP) is 4.89. The number of nitrogens with zero attached hydrogens (tertiary/aromatic N) is 1. The molecule has 0 saturated carbocycles. The molecule has 24 heavy (non-hydrogen) atoms. The van der Waals surface area contributed by atoms with Crippen molar-refractivity contribution in [3.8, 4) is 0 Å². The molecule has 0 unspecified atom stereocenters. The topological polar surface area (TPSA) is 39.2 Å². The van der Waals surface area contributed by atoms with Gasteiger partial charge in [0.2, 0.25) is 0 Å². The van der Waals surface area contributed by atoms with Gasteiger partial charge in [0.15, 0.2) is 0 Å². The van der Waals surface area contributed by atoms with Crippen LogP contribution in [0.5, 0.6) is 0 Å². The Hall–Kier alpha value is -2.65. The minimum Gasteiger partial charge on any atom is -0.462 e. The number of pyridine rings is 1. The second-order valence-electron chi connectivity index (χ2n) is 5.16. The first kappa shape index (κ1) is 17.7. The second-order valence-corrected chi connectivity index (χ2v) is 5.16. The van der Waals surface area contributed by atoms with E-state index in [-0.39, 0.29) is 18.4 Å². The molecule has 0 radical (unpaired) electrons. The van der Waals surface area contributed by atoms with Crippen LogP contribution in [0.25, 0.3) is 16.3 Å². The van der Waals surface area contributed by atoms with E-state index in [1.54, 1.807) is 25.3 Å². The van der Waals surface area contributed by atoms with Crippen LogP contribution in [0.4, 0.5) is 0 Å². The van der Waals surface area contributed by atoms with E-state index >= 15 is 0 Å². The average Bonchev–Trinajstić information content (AvgIpc) is 2.61. The van der Waals surface area contributed by atoms with Crippen LogP contribution in [-0.2, 0) is 4.74 Å². The van der Waals surface area contributed by atoms with Crippen LogP contribution < -0.4 is 0 Å². The number of carbonyl (C=O) groups is 1. The zero-order chi connectivity index (χ0) is 16.2. The van der Waals surface area contributed by atoms with Crippen molar-refractivity contribution < 1.29 is 9.53 Å².